The SMILES string of the molecule is CCOC(=O)N1CCN(C(=O)[C@@H]2Cc3cc(C(F)(F)F)ccc3N3CCN(c4ncccn4)C[C@@H]23)CC1. The predicted molar refractivity (Wildman–Crippen MR) is 129 cm³/mol. The van der Waals surface area contributed by atoms with Crippen molar-refractivity contribution < 1.29 is 27.5 Å². The van der Waals surface area contributed by atoms with E-state index in [2.05, 4.69) is 14.9 Å². The summed E-state index contributed by atoms with van der Waals surface area (Å²) in [6.45, 7) is 5.01. The van der Waals surface area contributed by atoms with Crippen molar-refractivity contribution >= 4 is 23.6 Å². The van der Waals surface area contributed by atoms with E-state index >= 15 is 0 Å². The van der Waals surface area contributed by atoms with Crippen molar-refractivity contribution in [2.24, 2.45) is 5.92 Å². The quantitative estimate of drug-likeness (QED) is 0.618. The number of hydrogen-bond acceptors (Lipinski definition) is 7. The third-order valence-corrected chi connectivity index (χ3v) is 7.31. The van der Waals surface area contributed by atoms with Crippen molar-refractivity contribution in [3.8, 4) is 0 Å². The van der Waals surface area contributed by atoms with Crippen molar-refractivity contribution in [2.45, 2.75) is 25.6 Å². The first kappa shape index (κ1) is 25.1. The number of hydrogen-bond donors (Lipinski definition) is 0. The number of rotatable bonds is 3. The molecular weight excluding hydrogens is 489 g/mol. The zero-order valence-electron chi connectivity index (χ0n) is 20.5. The van der Waals surface area contributed by atoms with Crippen molar-refractivity contribution in [1.82, 2.24) is 19.8 Å². The monoisotopic (exact) mass is 518 g/mol. The fourth-order valence-corrected chi connectivity index (χ4v) is 5.48. The minimum absolute atomic E-state index is 0.114. The maximum atomic E-state index is 13.8. The second kappa shape index (κ2) is 10.1. The molecule has 2 saturated heterocycles. The standard InChI is InChI=1S/C25H29F3N6O3/c1-2-37-24(36)32-10-8-31(9-11-32)22(35)19-15-17-14-18(25(26,27)28)4-5-20(17)34-13-12-33(16-21(19)34)23-29-6-3-7-30-23/h3-7,14,19,21H,2,8-13,15-16H2,1H3/t19-,21+/m1/s1. The predicted octanol–water partition coefficient (Wildman–Crippen LogP) is 2.66. The fourth-order valence-electron chi connectivity index (χ4n) is 5.48. The van der Waals surface area contributed by atoms with Gasteiger partial charge in [-0.2, -0.15) is 13.2 Å². The van der Waals surface area contributed by atoms with E-state index < -0.39 is 23.8 Å². The highest BCUT2D eigenvalue weighted by atomic mass is 19.4. The van der Waals surface area contributed by atoms with Gasteiger partial charge in [-0.1, -0.05) is 0 Å². The lowest BCUT2D eigenvalue weighted by atomic mass is 9.82. The minimum Gasteiger partial charge on any atom is -0.450 e. The van der Waals surface area contributed by atoms with Crippen molar-refractivity contribution in [2.75, 3.05) is 62.2 Å². The number of anilines is 2. The van der Waals surface area contributed by atoms with Crippen LogP contribution in [0.15, 0.2) is 36.7 Å². The Hall–Kier alpha value is -3.57. The van der Waals surface area contributed by atoms with Crippen molar-refractivity contribution in [1.29, 1.82) is 0 Å². The molecule has 12 heteroatoms. The van der Waals surface area contributed by atoms with Gasteiger partial charge in [0.15, 0.2) is 0 Å². The van der Waals surface area contributed by atoms with E-state index in [0.29, 0.717) is 57.3 Å². The Morgan fingerprint density at radius 2 is 1.73 bits per heavy atom. The highest BCUT2D eigenvalue weighted by Gasteiger charge is 2.44. The molecule has 2 amide bonds. The van der Waals surface area contributed by atoms with Gasteiger partial charge in [0.05, 0.1) is 24.1 Å². The summed E-state index contributed by atoms with van der Waals surface area (Å²) in [4.78, 5) is 42.0. The maximum absolute atomic E-state index is 13.8. The molecule has 5 rings (SSSR count). The normalized spacial score (nSPS) is 21.8. The van der Waals surface area contributed by atoms with Crippen LogP contribution in [-0.4, -0.2) is 90.2 Å². The molecule has 0 N–H and O–H groups in total. The lowest BCUT2D eigenvalue weighted by Gasteiger charge is -2.50. The second-order valence-electron chi connectivity index (χ2n) is 9.42. The van der Waals surface area contributed by atoms with Crippen LogP contribution in [0.4, 0.5) is 29.6 Å². The number of ether oxygens (including phenoxy) is 1. The molecule has 0 saturated carbocycles. The molecule has 2 aromatic rings. The van der Waals surface area contributed by atoms with Gasteiger partial charge in [-0.25, -0.2) is 14.8 Å². The topological polar surface area (TPSA) is 82.1 Å². The van der Waals surface area contributed by atoms with Gasteiger partial charge in [0.25, 0.3) is 0 Å². The first-order valence-corrected chi connectivity index (χ1v) is 12.5. The van der Waals surface area contributed by atoms with Crippen molar-refractivity contribution in [3.05, 3.63) is 47.8 Å². The fraction of sp³-hybridized carbons (Fsp3) is 0.520. The number of halogens is 3. The Morgan fingerprint density at radius 1 is 1.03 bits per heavy atom. The van der Waals surface area contributed by atoms with Crippen LogP contribution < -0.4 is 9.80 Å². The third kappa shape index (κ3) is 5.01. The van der Waals surface area contributed by atoms with E-state index in [1.54, 1.807) is 35.2 Å². The summed E-state index contributed by atoms with van der Waals surface area (Å²) < 4.78 is 45.5. The number of carbonyl (C=O) groups is 2. The Kier molecular flexibility index (Phi) is 6.82. The van der Waals surface area contributed by atoms with Crippen LogP contribution in [-0.2, 0) is 22.1 Å². The number of fused-ring (bicyclic) bond motifs is 3. The van der Waals surface area contributed by atoms with Crippen LogP contribution in [0.25, 0.3) is 0 Å². The van der Waals surface area contributed by atoms with Crippen LogP contribution >= 0.6 is 0 Å². The van der Waals surface area contributed by atoms with E-state index in [4.69, 9.17) is 4.74 Å². The van der Waals surface area contributed by atoms with Crippen LogP contribution in [0.5, 0.6) is 0 Å². The molecule has 2 fully saturated rings. The molecule has 3 aliphatic heterocycles. The molecule has 1 aromatic carbocycles. The molecule has 37 heavy (non-hydrogen) atoms. The average molecular weight is 519 g/mol. The van der Waals surface area contributed by atoms with Gasteiger partial charge in [0.2, 0.25) is 11.9 Å². The summed E-state index contributed by atoms with van der Waals surface area (Å²) in [6, 6.07) is 5.30. The minimum atomic E-state index is -4.46. The zero-order valence-corrected chi connectivity index (χ0v) is 20.5. The highest BCUT2D eigenvalue weighted by Crippen LogP contribution is 2.40. The Balaban J connectivity index is 1.41. The molecule has 4 heterocycles. The summed E-state index contributed by atoms with van der Waals surface area (Å²) in [5.41, 5.74) is 0.553. The van der Waals surface area contributed by atoms with Crippen LogP contribution in [0.1, 0.15) is 18.1 Å². The van der Waals surface area contributed by atoms with E-state index in [1.807, 2.05) is 4.90 Å². The van der Waals surface area contributed by atoms with E-state index in [-0.39, 0.29) is 25.0 Å². The summed E-state index contributed by atoms with van der Waals surface area (Å²) in [5, 5.41) is 0. The van der Waals surface area contributed by atoms with Gasteiger partial charge >= 0.3 is 12.3 Å². The summed E-state index contributed by atoms with van der Waals surface area (Å²) in [7, 11) is 0. The molecule has 9 nitrogen and oxygen atoms in total. The molecule has 0 radical (unpaired) electrons. The second-order valence-corrected chi connectivity index (χ2v) is 9.42. The third-order valence-electron chi connectivity index (χ3n) is 7.31. The van der Waals surface area contributed by atoms with Crippen LogP contribution in [0, 0.1) is 5.92 Å². The number of aromatic nitrogens is 2. The Labute approximate surface area is 212 Å². The van der Waals surface area contributed by atoms with E-state index in [9.17, 15) is 22.8 Å². The summed E-state index contributed by atoms with van der Waals surface area (Å²) >= 11 is 0. The van der Waals surface area contributed by atoms with Gasteiger partial charge in [-0.3, -0.25) is 4.79 Å². The van der Waals surface area contributed by atoms with Gasteiger partial charge in [-0.15, -0.1) is 0 Å². The van der Waals surface area contributed by atoms with Crippen LogP contribution in [0.3, 0.4) is 0 Å². The highest BCUT2D eigenvalue weighted by molar-refractivity contribution is 5.83. The number of amides is 2. The molecule has 2 atom stereocenters. The molecule has 0 bridgehead atoms. The molecule has 1 aromatic heterocycles. The smallest absolute Gasteiger partial charge is 0.416 e. The van der Waals surface area contributed by atoms with E-state index in [0.717, 1.165) is 11.8 Å². The van der Waals surface area contributed by atoms with Crippen LogP contribution in [0.2, 0.25) is 0 Å². The Bertz CT molecular complexity index is 1140. The van der Waals surface area contributed by atoms with Gasteiger partial charge in [0.1, 0.15) is 0 Å². The number of benzene rings is 1. The summed E-state index contributed by atoms with van der Waals surface area (Å²) in [5.74, 6) is -0.0938. The van der Waals surface area contributed by atoms with Gasteiger partial charge in [0, 0.05) is 63.9 Å². The Morgan fingerprint density at radius 3 is 2.41 bits per heavy atom. The number of carbonyl (C=O) groups excluding carboxylic acids is 2. The molecule has 3 aliphatic rings. The molecule has 0 spiro atoms. The zero-order chi connectivity index (χ0) is 26.2. The average Bonchev–Trinajstić information content (AvgIpc) is 2.91. The molecule has 0 aliphatic carbocycles. The maximum Gasteiger partial charge on any atom is 0.416 e. The molecule has 0 unspecified atom stereocenters. The van der Waals surface area contributed by atoms with Gasteiger partial charge < -0.3 is 24.3 Å². The number of alkyl halides is 3. The van der Waals surface area contributed by atoms with E-state index in [1.165, 1.54) is 12.1 Å². The lowest BCUT2D eigenvalue weighted by molar-refractivity contribution is -0.138. The first-order chi connectivity index (χ1) is 17.8. The lowest BCUT2D eigenvalue weighted by Crippen LogP contribution is -2.63. The number of piperazine rings is 2. The largest absolute Gasteiger partial charge is 0.450 e. The summed E-state index contributed by atoms with van der Waals surface area (Å²) in [6.07, 6.45) is -1.33. The molecule has 198 valence electrons. The number of nitrogens with zero attached hydrogens (tertiary/aromatic N) is 6. The van der Waals surface area contributed by atoms with Crippen molar-refractivity contribution in [3.63, 3.8) is 0 Å². The first-order valence-electron chi connectivity index (χ1n) is 12.5. The van der Waals surface area contributed by atoms with Gasteiger partial charge in [-0.05, 0) is 43.2 Å². The molecular formula is C25H29F3N6O3.